The molecule has 1 aliphatic rings. The van der Waals surface area contributed by atoms with Crippen molar-refractivity contribution in [2.75, 3.05) is 13.2 Å². The molecule has 0 radical (unpaired) electrons. The minimum Gasteiger partial charge on any atom is -0.462 e. The highest BCUT2D eigenvalue weighted by Crippen LogP contribution is 2.49. The van der Waals surface area contributed by atoms with E-state index < -0.39 is 83.5 Å². The summed E-state index contributed by atoms with van der Waals surface area (Å²) in [7, 11) is -10.7. The van der Waals surface area contributed by atoms with Gasteiger partial charge in [0.25, 0.3) is 0 Å². The zero-order chi connectivity index (χ0) is 46.2. The number of esters is 2. The Morgan fingerprint density at radius 2 is 1.02 bits per heavy atom. The fourth-order valence-corrected chi connectivity index (χ4v) is 8.43. The molecule has 0 saturated heterocycles. The number of ether oxygens (including phenoxy) is 2. The van der Waals surface area contributed by atoms with E-state index in [-0.39, 0.29) is 18.6 Å². The number of allylic oxidation sites excluding steroid dienone is 4. The van der Waals surface area contributed by atoms with E-state index in [4.69, 9.17) is 28.3 Å². The van der Waals surface area contributed by atoms with Gasteiger partial charge in [-0.1, -0.05) is 141 Å². The van der Waals surface area contributed by atoms with Crippen LogP contribution in [0.2, 0.25) is 0 Å². The lowest BCUT2D eigenvalue weighted by Crippen LogP contribution is -2.64. The second-order valence-corrected chi connectivity index (χ2v) is 18.8. The monoisotopic (exact) mass is 928 g/mol. The summed E-state index contributed by atoms with van der Waals surface area (Å²) in [5, 5.41) is 41.2. The number of hydrogen-bond acceptors (Lipinski definition) is 14. The summed E-state index contributed by atoms with van der Waals surface area (Å²) < 4.78 is 49.2. The molecule has 17 nitrogen and oxygen atoms in total. The van der Waals surface area contributed by atoms with Crippen LogP contribution in [0.1, 0.15) is 174 Å². The number of rotatable bonds is 38. The molecule has 19 heteroatoms. The summed E-state index contributed by atoms with van der Waals surface area (Å²) in [5.74, 6) is -1.25. The molecule has 0 aliphatic heterocycles. The first-order valence-corrected chi connectivity index (χ1v) is 25.9. The van der Waals surface area contributed by atoms with Crippen LogP contribution in [0.25, 0.3) is 0 Å². The number of ketones is 1. The molecule has 1 saturated carbocycles. The molecule has 0 aromatic carbocycles. The van der Waals surface area contributed by atoms with E-state index >= 15 is 0 Å². The Hall–Kier alpha value is -1.85. The minimum atomic E-state index is -5.37. The SMILES string of the molecule is CCCCC/C=C\C=C\C(=O)CCCCCCCC(=O)O[C@H](COC(=O)CCCCCCCCCCCCCCC)COP(=O)(O)O[C@H]1C(O)C(O)C(O)[C@@H](OP(=O)(O)O)C1O. The van der Waals surface area contributed by atoms with Gasteiger partial charge in [0.05, 0.1) is 6.61 Å². The molecule has 5 unspecified atom stereocenters. The van der Waals surface area contributed by atoms with Crippen LogP contribution in [0.15, 0.2) is 24.3 Å². The maximum absolute atomic E-state index is 13.0. The predicted octanol–water partition coefficient (Wildman–Crippen LogP) is 7.35. The number of carbonyl (C=O) groups is 3. The zero-order valence-corrected chi connectivity index (χ0v) is 38.8. The van der Waals surface area contributed by atoms with Gasteiger partial charge >= 0.3 is 27.6 Å². The van der Waals surface area contributed by atoms with Gasteiger partial charge in [0.1, 0.15) is 43.2 Å². The van der Waals surface area contributed by atoms with Gasteiger partial charge in [0, 0.05) is 19.3 Å². The highest BCUT2D eigenvalue weighted by molar-refractivity contribution is 7.47. The number of phosphoric ester groups is 2. The zero-order valence-electron chi connectivity index (χ0n) is 37.1. The topological polar surface area (TPSA) is 273 Å². The lowest BCUT2D eigenvalue weighted by atomic mass is 9.85. The molecule has 0 aromatic rings. The quantitative estimate of drug-likeness (QED) is 0.0105. The summed E-state index contributed by atoms with van der Waals surface area (Å²) in [6.45, 7) is 2.95. The fraction of sp³-hybridized carbons (Fsp3) is 0.837. The van der Waals surface area contributed by atoms with Crippen molar-refractivity contribution in [1.29, 1.82) is 0 Å². The number of hydrogen-bond donors (Lipinski definition) is 7. The van der Waals surface area contributed by atoms with Crippen LogP contribution in [0.5, 0.6) is 0 Å². The van der Waals surface area contributed by atoms with Gasteiger partial charge in [-0.2, -0.15) is 0 Å². The van der Waals surface area contributed by atoms with Crippen LogP contribution in [-0.4, -0.2) is 109 Å². The van der Waals surface area contributed by atoms with E-state index in [1.807, 2.05) is 6.08 Å². The van der Waals surface area contributed by atoms with Crippen molar-refractivity contribution in [3.8, 4) is 0 Å². The Kier molecular flexibility index (Phi) is 32.4. The molecular weight excluding hydrogens is 850 g/mol. The minimum absolute atomic E-state index is 0.0371. The largest absolute Gasteiger partial charge is 0.472 e. The van der Waals surface area contributed by atoms with Crippen LogP contribution in [0, 0.1) is 0 Å². The summed E-state index contributed by atoms with van der Waals surface area (Å²) in [5.41, 5.74) is 0. The van der Waals surface area contributed by atoms with Gasteiger partial charge in [0.15, 0.2) is 11.9 Å². The van der Waals surface area contributed by atoms with Crippen LogP contribution in [0.3, 0.4) is 0 Å². The maximum atomic E-state index is 13.0. The highest BCUT2D eigenvalue weighted by Gasteiger charge is 2.54. The third-order valence-electron chi connectivity index (χ3n) is 10.5. The first kappa shape index (κ1) is 58.2. The second-order valence-electron chi connectivity index (χ2n) is 16.2. The van der Waals surface area contributed by atoms with Crippen molar-refractivity contribution in [2.45, 2.75) is 217 Å². The van der Waals surface area contributed by atoms with Gasteiger partial charge < -0.3 is 44.6 Å². The Morgan fingerprint density at radius 1 is 0.548 bits per heavy atom. The van der Waals surface area contributed by atoms with Crippen molar-refractivity contribution < 1.29 is 81.7 Å². The molecule has 362 valence electrons. The van der Waals surface area contributed by atoms with E-state index in [9.17, 15) is 48.8 Å². The lowest BCUT2D eigenvalue weighted by Gasteiger charge is -2.43. The normalized spacial score (nSPS) is 22.2. The van der Waals surface area contributed by atoms with E-state index in [1.54, 1.807) is 12.2 Å². The second kappa shape index (κ2) is 34.5. The molecule has 0 aromatic heterocycles. The van der Waals surface area contributed by atoms with E-state index in [1.165, 1.54) is 57.8 Å². The summed E-state index contributed by atoms with van der Waals surface area (Å²) in [4.78, 5) is 66.2. The highest BCUT2D eigenvalue weighted by atomic mass is 31.2. The number of phosphoric acid groups is 2. The fourth-order valence-electron chi connectivity index (χ4n) is 6.89. The molecule has 1 rings (SSSR count). The molecule has 1 fully saturated rings. The van der Waals surface area contributed by atoms with Gasteiger partial charge in [-0.3, -0.25) is 28.0 Å². The first-order chi connectivity index (χ1) is 29.5. The van der Waals surface area contributed by atoms with Gasteiger partial charge in [-0.15, -0.1) is 0 Å². The van der Waals surface area contributed by atoms with Gasteiger partial charge in [-0.25, -0.2) is 9.13 Å². The van der Waals surface area contributed by atoms with Gasteiger partial charge in [0.2, 0.25) is 0 Å². The molecule has 8 atom stereocenters. The number of aliphatic hydroxyl groups is 4. The van der Waals surface area contributed by atoms with Crippen molar-refractivity contribution in [1.82, 2.24) is 0 Å². The van der Waals surface area contributed by atoms with E-state index in [0.29, 0.717) is 32.1 Å². The Morgan fingerprint density at radius 3 is 1.55 bits per heavy atom. The van der Waals surface area contributed by atoms with E-state index in [2.05, 4.69) is 24.4 Å². The molecule has 0 bridgehead atoms. The number of carbonyl (C=O) groups excluding carboxylic acids is 3. The third kappa shape index (κ3) is 28.8. The molecule has 7 N–H and O–H groups in total. The van der Waals surface area contributed by atoms with Crippen LogP contribution in [0.4, 0.5) is 0 Å². The first-order valence-electron chi connectivity index (χ1n) is 22.8. The lowest BCUT2D eigenvalue weighted by molar-refractivity contribution is -0.216. The van der Waals surface area contributed by atoms with Crippen LogP contribution >= 0.6 is 15.6 Å². The summed E-state index contributed by atoms with van der Waals surface area (Å²) >= 11 is 0. The van der Waals surface area contributed by atoms with Crippen molar-refractivity contribution in [3.05, 3.63) is 24.3 Å². The molecule has 0 heterocycles. The maximum Gasteiger partial charge on any atom is 0.472 e. The van der Waals surface area contributed by atoms with Crippen molar-refractivity contribution in [3.63, 3.8) is 0 Å². The predicted molar refractivity (Wildman–Crippen MR) is 232 cm³/mol. The molecule has 0 spiro atoms. The average molecular weight is 929 g/mol. The standard InChI is InChI=1S/C43H78O17P2/c1-3-5-7-9-11-12-13-14-15-16-18-22-26-30-36(45)56-32-35(58-37(46)31-27-23-19-21-25-29-34(44)28-24-20-17-10-8-6-4-2)33-57-62(54,55)60-43-40(49)38(47)39(48)42(41(43)50)59-61(51,52)53/h17,20,24,28,35,38-43,47-50H,3-16,18-19,21-23,25-27,29-33H2,1-2H3,(H,54,55)(H2,51,52,53)/b20-17-,28-24+/t35-,38?,39?,40?,41?,42-,43+/m1/s1. The molecule has 62 heavy (non-hydrogen) atoms. The molecular formula is C43H78O17P2. The number of unbranched alkanes of at least 4 members (excludes halogenated alkanes) is 19. The molecule has 1 aliphatic carbocycles. The van der Waals surface area contributed by atoms with E-state index in [0.717, 1.165) is 57.8 Å². The summed E-state index contributed by atoms with van der Waals surface area (Å²) in [6, 6.07) is 0. The van der Waals surface area contributed by atoms with Crippen molar-refractivity contribution in [2.24, 2.45) is 0 Å². The van der Waals surface area contributed by atoms with Crippen LogP contribution < -0.4 is 0 Å². The Bertz CT molecular complexity index is 1370. The summed E-state index contributed by atoms with van der Waals surface area (Å²) in [6.07, 6.45) is 15.3. The number of aliphatic hydroxyl groups excluding tert-OH is 4. The average Bonchev–Trinajstić information content (AvgIpc) is 3.22. The van der Waals surface area contributed by atoms with Crippen molar-refractivity contribution >= 4 is 33.4 Å². The Balaban J connectivity index is 2.65. The van der Waals surface area contributed by atoms with Gasteiger partial charge in [-0.05, 0) is 38.2 Å². The van der Waals surface area contributed by atoms with Crippen LogP contribution in [-0.2, 0) is 46.6 Å². The third-order valence-corrected chi connectivity index (χ3v) is 12.0. The molecule has 0 amide bonds. The Labute approximate surface area is 368 Å². The smallest absolute Gasteiger partial charge is 0.462 e.